The van der Waals surface area contributed by atoms with Crippen molar-refractivity contribution in [1.29, 1.82) is 0 Å². The first-order valence-corrected chi connectivity index (χ1v) is 10.6. The maximum atomic E-state index is 13.7. The average Bonchev–Trinajstić information content (AvgIpc) is 3.09. The average molecular weight is 437 g/mol. The summed E-state index contributed by atoms with van der Waals surface area (Å²) in [6.45, 7) is 3.28. The lowest BCUT2D eigenvalue weighted by Gasteiger charge is -2.36. The maximum absolute atomic E-state index is 13.7. The quantitative estimate of drug-likeness (QED) is 0.659. The Morgan fingerprint density at radius 2 is 1.56 bits per heavy atom. The van der Waals surface area contributed by atoms with Crippen molar-refractivity contribution < 1.29 is 24.2 Å². The molecule has 2 aromatic carbocycles. The highest BCUT2D eigenvalue weighted by Crippen LogP contribution is 2.39. The zero-order valence-corrected chi connectivity index (χ0v) is 18.3. The van der Waals surface area contributed by atoms with Gasteiger partial charge in [-0.25, -0.2) is 4.90 Å². The fraction of sp³-hybridized carbons (Fsp3) is 0.333. The van der Waals surface area contributed by atoms with Crippen LogP contribution in [0.3, 0.4) is 0 Å². The lowest BCUT2D eigenvalue weighted by atomic mass is 10.0. The zero-order chi connectivity index (χ0) is 22.7. The highest BCUT2D eigenvalue weighted by atomic mass is 16.5. The predicted octanol–water partition coefficient (Wildman–Crippen LogP) is 1.60. The number of piperazine rings is 1. The molecule has 8 heteroatoms. The molecular formula is C24H27N3O5. The van der Waals surface area contributed by atoms with E-state index in [4.69, 9.17) is 9.47 Å². The van der Waals surface area contributed by atoms with Gasteiger partial charge in [-0.1, -0.05) is 24.3 Å². The predicted molar refractivity (Wildman–Crippen MR) is 120 cm³/mol. The van der Waals surface area contributed by atoms with Crippen LogP contribution in [-0.2, 0) is 9.59 Å². The van der Waals surface area contributed by atoms with Crippen molar-refractivity contribution in [1.82, 2.24) is 9.80 Å². The summed E-state index contributed by atoms with van der Waals surface area (Å²) in [5.41, 5.74) is 1.85. The Kier molecular flexibility index (Phi) is 6.43. The molecule has 8 nitrogen and oxygen atoms in total. The summed E-state index contributed by atoms with van der Waals surface area (Å²) >= 11 is 0. The SMILES string of the molecule is COc1ccc(C2=C(N3CCN(CCO)CC3)C(=O)N(c3ccccc3OC)C2=O)cc1. The minimum atomic E-state index is -0.377. The molecule has 2 heterocycles. The van der Waals surface area contributed by atoms with Crippen LogP contribution in [0.5, 0.6) is 11.5 Å². The first-order chi connectivity index (χ1) is 15.6. The molecule has 1 N–H and O–H groups in total. The molecule has 0 bridgehead atoms. The number of carbonyl (C=O) groups is 2. The largest absolute Gasteiger partial charge is 0.497 e. The van der Waals surface area contributed by atoms with E-state index in [2.05, 4.69) is 4.90 Å². The van der Waals surface area contributed by atoms with Crippen LogP contribution in [0.1, 0.15) is 5.56 Å². The van der Waals surface area contributed by atoms with E-state index in [9.17, 15) is 14.7 Å². The van der Waals surface area contributed by atoms with E-state index in [1.54, 1.807) is 55.6 Å². The first kappa shape index (κ1) is 21.9. The second kappa shape index (κ2) is 9.42. The molecule has 32 heavy (non-hydrogen) atoms. The summed E-state index contributed by atoms with van der Waals surface area (Å²) in [6.07, 6.45) is 0. The molecule has 0 spiro atoms. The van der Waals surface area contributed by atoms with Gasteiger partial charge in [-0.3, -0.25) is 14.5 Å². The zero-order valence-electron chi connectivity index (χ0n) is 18.3. The number of aliphatic hydroxyl groups excluding tert-OH is 1. The highest BCUT2D eigenvalue weighted by molar-refractivity contribution is 6.45. The molecule has 0 atom stereocenters. The van der Waals surface area contributed by atoms with Crippen LogP contribution in [0.15, 0.2) is 54.2 Å². The summed E-state index contributed by atoms with van der Waals surface area (Å²) in [5.74, 6) is 0.391. The molecule has 2 aromatic rings. The topological polar surface area (TPSA) is 82.6 Å². The minimum Gasteiger partial charge on any atom is -0.497 e. The third kappa shape index (κ3) is 3.94. The Bertz CT molecular complexity index is 1030. The summed E-state index contributed by atoms with van der Waals surface area (Å²) in [5, 5.41) is 9.22. The number of carbonyl (C=O) groups excluding carboxylic acids is 2. The lowest BCUT2D eigenvalue weighted by molar-refractivity contribution is -0.120. The monoisotopic (exact) mass is 437 g/mol. The Balaban J connectivity index is 1.76. The summed E-state index contributed by atoms with van der Waals surface area (Å²) in [4.78, 5) is 32.6. The number of methoxy groups -OCH3 is 2. The first-order valence-electron chi connectivity index (χ1n) is 10.6. The standard InChI is InChI=1S/C24H27N3O5/c1-31-18-9-7-17(8-10-18)21-22(26-13-11-25(12-14-26)15-16-28)24(30)27(23(21)29)19-5-3-4-6-20(19)32-2/h3-10,28H,11-16H2,1-2H3. The number of β-amino-alcohol motifs (C(OH)–C–C–N with tert-alkyl or cyclic N) is 1. The number of rotatable bonds is 7. The van der Waals surface area contributed by atoms with Crippen molar-refractivity contribution in [3.05, 3.63) is 59.8 Å². The maximum Gasteiger partial charge on any atom is 0.282 e. The molecule has 0 aliphatic carbocycles. The number of para-hydroxylation sites is 2. The van der Waals surface area contributed by atoms with Crippen LogP contribution in [0.25, 0.3) is 5.57 Å². The molecule has 0 radical (unpaired) electrons. The van der Waals surface area contributed by atoms with Gasteiger partial charge >= 0.3 is 0 Å². The number of hydrogen-bond acceptors (Lipinski definition) is 7. The molecule has 4 rings (SSSR count). The van der Waals surface area contributed by atoms with Crippen molar-refractivity contribution in [2.45, 2.75) is 0 Å². The molecule has 1 fully saturated rings. The van der Waals surface area contributed by atoms with Crippen molar-refractivity contribution in [2.75, 3.05) is 58.5 Å². The van der Waals surface area contributed by atoms with Gasteiger partial charge in [-0.05, 0) is 29.8 Å². The van der Waals surface area contributed by atoms with E-state index in [-0.39, 0.29) is 18.4 Å². The Morgan fingerprint density at radius 3 is 2.19 bits per heavy atom. The molecule has 1 saturated heterocycles. The van der Waals surface area contributed by atoms with Gasteiger partial charge in [-0.2, -0.15) is 0 Å². The van der Waals surface area contributed by atoms with Gasteiger partial charge in [0.1, 0.15) is 17.2 Å². The van der Waals surface area contributed by atoms with Crippen molar-refractivity contribution in [2.24, 2.45) is 0 Å². The molecule has 0 aromatic heterocycles. The Morgan fingerprint density at radius 1 is 0.875 bits per heavy atom. The van der Waals surface area contributed by atoms with E-state index >= 15 is 0 Å². The van der Waals surface area contributed by atoms with Gasteiger partial charge in [-0.15, -0.1) is 0 Å². The van der Waals surface area contributed by atoms with Gasteiger partial charge in [0.2, 0.25) is 0 Å². The van der Waals surface area contributed by atoms with E-state index in [1.165, 1.54) is 12.0 Å². The number of ether oxygens (including phenoxy) is 2. The molecule has 2 aliphatic rings. The Labute approximate surface area is 187 Å². The number of aliphatic hydroxyl groups is 1. The number of amides is 2. The molecule has 0 unspecified atom stereocenters. The third-order valence-electron chi connectivity index (χ3n) is 5.87. The number of nitrogens with zero attached hydrogens (tertiary/aromatic N) is 3. The van der Waals surface area contributed by atoms with Gasteiger partial charge in [0.25, 0.3) is 11.8 Å². The minimum absolute atomic E-state index is 0.0960. The Hall–Kier alpha value is -3.36. The summed E-state index contributed by atoms with van der Waals surface area (Å²) < 4.78 is 10.7. The van der Waals surface area contributed by atoms with Gasteiger partial charge < -0.3 is 19.5 Å². The fourth-order valence-corrected chi connectivity index (χ4v) is 4.20. The third-order valence-corrected chi connectivity index (χ3v) is 5.87. The van der Waals surface area contributed by atoms with Gasteiger partial charge in [0, 0.05) is 32.7 Å². The number of hydrogen-bond donors (Lipinski definition) is 1. The molecular weight excluding hydrogens is 410 g/mol. The van der Waals surface area contributed by atoms with E-state index in [0.29, 0.717) is 66.7 Å². The fourth-order valence-electron chi connectivity index (χ4n) is 4.20. The molecule has 2 amide bonds. The van der Waals surface area contributed by atoms with E-state index in [1.807, 2.05) is 4.90 Å². The van der Waals surface area contributed by atoms with Crippen LogP contribution in [-0.4, -0.2) is 80.3 Å². The second-order valence-electron chi connectivity index (χ2n) is 7.62. The number of anilines is 1. The van der Waals surface area contributed by atoms with E-state index in [0.717, 1.165) is 0 Å². The molecule has 2 aliphatic heterocycles. The molecule has 0 saturated carbocycles. The van der Waals surface area contributed by atoms with Crippen LogP contribution in [0.4, 0.5) is 5.69 Å². The second-order valence-corrected chi connectivity index (χ2v) is 7.62. The van der Waals surface area contributed by atoms with Gasteiger partial charge in [0.05, 0.1) is 32.1 Å². The van der Waals surface area contributed by atoms with Crippen LogP contribution >= 0.6 is 0 Å². The molecule has 168 valence electrons. The smallest absolute Gasteiger partial charge is 0.282 e. The van der Waals surface area contributed by atoms with Crippen LogP contribution in [0.2, 0.25) is 0 Å². The summed E-state index contributed by atoms with van der Waals surface area (Å²) in [7, 11) is 3.10. The number of imide groups is 1. The van der Waals surface area contributed by atoms with Crippen molar-refractivity contribution in [3.8, 4) is 11.5 Å². The number of benzene rings is 2. The normalized spacial score (nSPS) is 17.3. The van der Waals surface area contributed by atoms with Crippen LogP contribution < -0.4 is 14.4 Å². The van der Waals surface area contributed by atoms with Crippen LogP contribution in [0, 0.1) is 0 Å². The van der Waals surface area contributed by atoms with E-state index < -0.39 is 0 Å². The highest BCUT2D eigenvalue weighted by Gasteiger charge is 2.43. The van der Waals surface area contributed by atoms with Gasteiger partial charge in [0.15, 0.2) is 0 Å². The lowest BCUT2D eigenvalue weighted by Crippen LogP contribution is -2.48. The summed E-state index contributed by atoms with van der Waals surface area (Å²) in [6, 6.07) is 14.2. The van der Waals surface area contributed by atoms with Crippen molar-refractivity contribution >= 4 is 23.1 Å². The van der Waals surface area contributed by atoms with Crippen molar-refractivity contribution in [3.63, 3.8) is 0 Å².